The largest absolute Gasteiger partial charge is 0.496 e. The van der Waals surface area contributed by atoms with E-state index in [1.54, 1.807) is 14.2 Å². The van der Waals surface area contributed by atoms with Crippen LogP contribution in [0, 0.1) is 5.41 Å². The van der Waals surface area contributed by atoms with E-state index in [0.29, 0.717) is 0 Å². The van der Waals surface area contributed by atoms with Crippen LogP contribution in [0.5, 0.6) is 5.75 Å². The molecule has 1 aromatic rings. The van der Waals surface area contributed by atoms with Crippen molar-refractivity contribution in [3.05, 3.63) is 42.2 Å². The highest BCUT2D eigenvalue weighted by molar-refractivity contribution is 5.38. The number of ether oxygens (including phenoxy) is 5. The lowest BCUT2D eigenvalue weighted by Gasteiger charge is -2.50. The third-order valence-electron chi connectivity index (χ3n) is 5.98. The molecule has 0 amide bonds. The lowest BCUT2D eigenvalue weighted by Crippen LogP contribution is -2.50. The Labute approximate surface area is 148 Å². The standard InChI is InChI=1S/C20H26O5/c1-21-14-24-18(15-7-3-4-8-16(15)22-2)19-9-5-6-10-20(19)11-12-23-17(13-19)25-20/h3-4,7-8,11-12,17-18H,5-6,9-10,13-14H2,1-2H3/t17-,18?,19+,20-/m1/s1. The van der Waals surface area contributed by atoms with E-state index in [1.807, 2.05) is 24.5 Å². The Morgan fingerprint density at radius 1 is 1.20 bits per heavy atom. The van der Waals surface area contributed by atoms with Crippen LogP contribution in [0.1, 0.15) is 43.8 Å². The fourth-order valence-electron chi connectivity index (χ4n) is 4.94. The molecular weight excluding hydrogens is 320 g/mol. The molecule has 0 radical (unpaired) electrons. The van der Waals surface area contributed by atoms with Crippen LogP contribution in [0.25, 0.3) is 0 Å². The number of hydrogen-bond acceptors (Lipinski definition) is 5. The van der Waals surface area contributed by atoms with Crippen LogP contribution in [0.2, 0.25) is 0 Å². The first kappa shape index (κ1) is 16.9. The maximum absolute atomic E-state index is 6.38. The molecule has 2 fully saturated rings. The SMILES string of the molecule is COCOC(c1ccccc1OC)[C@@]12CCCC[C@@]13C=CO[C@@H](C2)O3. The number of para-hydroxylation sites is 1. The van der Waals surface area contributed by atoms with Crippen LogP contribution in [0.3, 0.4) is 0 Å². The fourth-order valence-corrected chi connectivity index (χ4v) is 4.94. The second kappa shape index (κ2) is 6.63. The Morgan fingerprint density at radius 2 is 2.04 bits per heavy atom. The molecule has 5 heteroatoms. The van der Waals surface area contributed by atoms with Crippen molar-refractivity contribution in [2.24, 2.45) is 5.41 Å². The fraction of sp³-hybridized carbons (Fsp3) is 0.600. The molecule has 0 N–H and O–H groups in total. The number of methoxy groups -OCH3 is 2. The van der Waals surface area contributed by atoms with E-state index in [9.17, 15) is 0 Å². The Kier molecular flexibility index (Phi) is 4.48. The molecular formula is C20H26O5. The lowest BCUT2D eigenvalue weighted by atomic mass is 9.58. The van der Waals surface area contributed by atoms with Crippen LogP contribution in [-0.2, 0) is 18.9 Å². The summed E-state index contributed by atoms with van der Waals surface area (Å²) >= 11 is 0. The van der Waals surface area contributed by atoms with Gasteiger partial charge in [0.05, 0.1) is 19.5 Å². The number of rotatable bonds is 6. The summed E-state index contributed by atoms with van der Waals surface area (Å²) in [7, 11) is 3.35. The molecule has 2 heterocycles. The molecule has 25 heavy (non-hydrogen) atoms. The Bertz CT molecular complexity index is 645. The summed E-state index contributed by atoms with van der Waals surface area (Å²) in [6.45, 7) is 0.232. The summed E-state index contributed by atoms with van der Waals surface area (Å²) < 4.78 is 29.3. The molecule has 5 nitrogen and oxygen atoms in total. The topological polar surface area (TPSA) is 46.2 Å². The van der Waals surface area contributed by atoms with Crippen LogP contribution < -0.4 is 4.74 Å². The van der Waals surface area contributed by atoms with Gasteiger partial charge in [0.2, 0.25) is 6.29 Å². The van der Waals surface area contributed by atoms with Gasteiger partial charge in [-0.3, -0.25) is 0 Å². The normalized spacial score (nSPS) is 34.2. The molecule has 136 valence electrons. The molecule has 0 aromatic heterocycles. The molecule has 4 atom stereocenters. The van der Waals surface area contributed by atoms with Crippen molar-refractivity contribution in [2.45, 2.75) is 50.1 Å². The zero-order valence-corrected chi connectivity index (χ0v) is 14.9. The van der Waals surface area contributed by atoms with E-state index in [4.69, 9.17) is 23.7 Å². The number of benzene rings is 1. The zero-order valence-electron chi connectivity index (χ0n) is 14.9. The maximum Gasteiger partial charge on any atom is 0.200 e. The van der Waals surface area contributed by atoms with E-state index < -0.39 is 0 Å². The van der Waals surface area contributed by atoms with Crippen LogP contribution >= 0.6 is 0 Å². The van der Waals surface area contributed by atoms with Gasteiger partial charge in [0.15, 0.2) is 0 Å². The Balaban J connectivity index is 1.82. The summed E-state index contributed by atoms with van der Waals surface area (Å²) in [5.74, 6) is 0.838. The molecule has 1 unspecified atom stereocenters. The quantitative estimate of drug-likeness (QED) is 0.730. The zero-order chi connectivity index (χ0) is 17.3. The van der Waals surface area contributed by atoms with Gasteiger partial charge in [-0.2, -0.15) is 0 Å². The molecule has 1 aliphatic carbocycles. The van der Waals surface area contributed by atoms with Crippen LogP contribution in [0.15, 0.2) is 36.6 Å². The highest BCUT2D eigenvalue weighted by Crippen LogP contribution is 2.64. The van der Waals surface area contributed by atoms with Crippen molar-refractivity contribution < 1.29 is 23.7 Å². The summed E-state index contributed by atoms with van der Waals surface area (Å²) in [6.07, 6.45) is 8.69. The highest BCUT2D eigenvalue weighted by Gasteiger charge is 2.65. The van der Waals surface area contributed by atoms with Crippen molar-refractivity contribution in [1.82, 2.24) is 0 Å². The third-order valence-corrected chi connectivity index (χ3v) is 5.98. The van der Waals surface area contributed by atoms with Gasteiger partial charge in [-0.05, 0) is 25.0 Å². The van der Waals surface area contributed by atoms with Crippen molar-refractivity contribution >= 4 is 0 Å². The molecule has 4 rings (SSSR count). The van der Waals surface area contributed by atoms with Crippen molar-refractivity contribution in [3.8, 4) is 5.75 Å². The first-order valence-electron chi connectivity index (χ1n) is 8.99. The smallest absolute Gasteiger partial charge is 0.200 e. The van der Waals surface area contributed by atoms with Crippen molar-refractivity contribution in [1.29, 1.82) is 0 Å². The van der Waals surface area contributed by atoms with Gasteiger partial charge >= 0.3 is 0 Å². The van der Waals surface area contributed by atoms with Gasteiger partial charge in [-0.25, -0.2) is 0 Å². The van der Waals surface area contributed by atoms with Gasteiger partial charge in [-0.1, -0.05) is 31.0 Å². The summed E-state index contributed by atoms with van der Waals surface area (Å²) in [5, 5.41) is 0. The van der Waals surface area contributed by atoms with Crippen LogP contribution in [0.4, 0.5) is 0 Å². The minimum atomic E-state index is -0.340. The van der Waals surface area contributed by atoms with Gasteiger partial charge < -0.3 is 23.7 Å². The third kappa shape index (κ3) is 2.57. The predicted octanol–water partition coefficient (Wildman–Crippen LogP) is 3.95. The minimum Gasteiger partial charge on any atom is -0.496 e. The summed E-state index contributed by atoms with van der Waals surface area (Å²) in [4.78, 5) is 0. The average molecular weight is 346 g/mol. The average Bonchev–Trinajstić information content (AvgIpc) is 2.88. The van der Waals surface area contributed by atoms with E-state index in [2.05, 4.69) is 12.1 Å². The van der Waals surface area contributed by atoms with E-state index in [1.165, 1.54) is 0 Å². The van der Waals surface area contributed by atoms with E-state index in [-0.39, 0.29) is 30.2 Å². The van der Waals surface area contributed by atoms with Crippen molar-refractivity contribution in [3.63, 3.8) is 0 Å². The van der Waals surface area contributed by atoms with Gasteiger partial charge in [0.25, 0.3) is 0 Å². The van der Waals surface area contributed by atoms with E-state index >= 15 is 0 Å². The molecule has 1 spiro atoms. The first-order chi connectivity index (χ1) is 12.2. The van der Waals surface area contributed by atoms with Crippen molar-refractivity contribution in [2.75, 3.05) is 21.0 Å². The molecule has 2 aliphatic heterocycles. The number of hydrogen-bond donors (Lipinski definition) is 0. The lowest BCUT2D eigenvalue weighted by molar-refractivity contribution is -0.195. The Hall–Kier alpha value is -1.56. The van der Waals surface area contributed by atoms with Gasteiger partial charge in [0, 0.05) is 24.5 Å². The molecule has 1 saturated heterocycles. The summed E-state index contributed by atoms with van der Waals surface area (Å²) in [6, 6.07) is 8.08. The monoisotopic (exact) mass is 346 g/mol. The maximum atomic E-state index is 6.38. The molecule has 1 aromatic carbocycles. The van der Waals surface area contributed by atoms with Gasteiger partial charge in [0.1, 0.15) is 18.1 Å². The summed E-state index contributed by atoms with van der Waals surface area (Å²) in [5.41, 5.74) is 0.525. The minimum absolute atomic E-state index is 0.180. The first-order valence-corrected chi connectivity index (χ1v) is 8.99. The van der Waals surface area contributed by atoms with Gasteiger partial charge in [-0.15, -0.1) is 0 Å². The highest BCUT2D eigenvalue weighted by atomic mass is 16.7. The van der Waals surface area contributed by atoms with E-state index in [0.717, 1.165) is 43.4 Å². The number of fused-ring (bicyclic) bond motifs is 1. The second-order valence-corrected chi connectivity index (χ2v) is 7.14. The molecule has 2 bridgehead atoms. The molecule has 3 aliphatic rings. The predicted molar refractivity (Wildman–Crippen MR) is 92.0 cm³/mol. The van der Waals surface area contributed by atoms with Crippen LogP contribution in [-0.4, -0.2) is 32.9 Å². The second-order valence-electron chi connectivity index (χ2n) is 7.14. The molecule has 1 saturated carbocycles. The Morgan fingerprint density at radius 3 is 2.88 bits per heavy atom.